The Kier molecular flexibility index (Phi) is 7.11. The molecule has 1 atom stereocenters. The first-order valence-corrected chi connectivity index (χ1v) is 10.8. The molecule has 0 saturated carbocycles. The fraction of sp³-hybridized carbons (Fsp3) is 0.480. The number of ether oxygens (including phenoxy) is 2. The number of hydrogen-bond donors (Lipinski definition) is 2. The molecule has 0 bridgehead atoms. The van der Waals surface area contributed by atoms with Crippen LogP contribution in [0.2, 0.25) is 0 Å². The molecular weight excluding hydrogens is 390 g/mol. The van der Waals surface area contributed by atoms with E-state index in [1.165, 1.54) is 22.3 Å². The Balaban J connectivity index is 1.88. The highest BCUT2D eigenvalue weighted by Crippen LogP contribution is 2.38. The van der Waals surface area contributed by atoms with Crippen molar-refractivity contribution in [2.75, 3.05) is 27.3 Å². The molecule has 0 radical (unpaired) electrons. The third-order valence-corrected chi connectivity index (χ3v) is 5.56. The lowest BCUT2D eigenvalue weighted by Gasteiger charge is -2.38. The summed E-state index contributed by atoms with van der Waals surface area (Å²) in [5, 5.41) is 6.06. The number of hydrogen-bond acceptors (Lipinski definition) is 4. The average molecular weight is 426 g/mol. The van der Waals surface area contributed by atoms with Crippen molar-refractivity contribution in [1.29, 1.82) is 0 Å². The van der Waals surface area contributed by atoms with Gasteiger partial charge in [0.2, 0.25) is 0 Å². The minimum atomic E-state index is -0.285. The predicted molar refractivity (Wildman–Crippen MR) is 124 cm³/mol. The molecule has 0 fully saturated rings. The summed E-state index contributed by atoms with van der Waals surface area (Å²) in [5.41, 5.74) is 4.64. The van der Waals surface area contributed by atoms with Gasteiger partial charge in [0.25, 0.3) is 0 Å². The number of benzene rings is 2. The third kappa shape index (κ3) is 5.91. The lowest BCUT2D eigenvalue weighted by Crippen LogP contribution is -2.49. The fourth-order valence-corrected chi connectivity index (χ4v) is 4.01. The number of fused-ring (bicyclic) bond motifs is 1. The SMILES string of the molecule is COc1cc2c(cc1OC)C(CNC(=O)NC(C)(C)C)N(Cc1ccc(C)cc1)CC2. The third-order valence-electron chi connectivity index (χ3n) is 5.56. The maximum Gasteiger partial charge on any atom is 0.315 e. The predicted octanol–water partition coefficient (Wildman–Crippen LogP) is 4.21. The Morgan fingerprint density at radius 3 is 2.35 bits per heavy atom. The molecule has 0 aliphatic carbocycles. The fourth-order valence-electron chi connectivity index (χ4n) is 4.01. The Morgan fingerprint density at radius 1 is 1.10 bits per heavy atom. The van der Waals surface area contributed by atoms with E-state index in [2.05, 4.69) is 58.9 Å². The van der Waals surface area contributed by atoms with Crippen LogP contribution >= 0.6 is 0 Å². The molecule has 2 aromatic rings. The number of amides is 2. The number of rotatable bonds is 6. The van der Waals surface area contributed by atoms with Crippen molar-refractivity contribution in [3.05, 3.63) is 58.7 Å². The molecule has 3 rings (SSSR count). The van der Waals surface area contributed by atoms with E-state index in [9.17, 15) is 4.79 Å². The zero-order valence-corrected chi connectivity index (χ0v) is 19.5. The Morgan fingerprint density at radius 2 is 1.74 bits per heavy atom. The molecule has 6 heteroatoms. The van der Waals surface area contributed by atoms with E-state index in [1.54, 1.807) is 14.2 Å². The van der Waals surface area contributed by atoms with E-state index >= 15 is 0 Å². The minimum Gasteiger partial charge on any atom is -0.493 e. The molecule has 6 nitrogen and oxygen atoms in total. The van der Waals surface area contributed by atoms with Gasteiger partial charge in [0.15, 0.2) is 11.5 Å². The molecular formula is C25H35N3O3. The van der Waals surface area contributed by atoms with E-state index < -0.39 is 0 Å². The van der Waals surface area contributed by atoms with Gasteiger partial charge in [-0.3, -0.25) is 4.90 Å². The number of nitrogens with zero attached hydrogens (tertiary/aromatic N) is 1. The highest BCUT2D eigenvalue weighted by atomic mass is 16.5. The van der Waals surface area contributed by atoms with Gasteiger partial charge in [-0.15, -0.1) is 0 Å². The average Bonchev–Trinajstić information content (AvgIpc) is 2.72. The Labute approximate surface area is 185 Å². The number of aryl methyl sites for hydroxylation is 1. The van der Waals surface area contributed by atoms with Gasteiger partial charge in [-0.05, 0) is 62.9 Å². The highest BCUT2D eigenvalue weighted by Gasteiger charge is 2.30. The number of carbonyl (C=O) groups excluding carboxylic acids is 1. The Bertz CT molecular complexity index is 903. The molecule has 0 saturated heterocycles. The van der Waals surface area contributed by atoms with E-state index in [4.69, 9.17) is 9.47 Å². The second-order valence-corrected chi connectivity index (χ2v) is 9.21. The summed E-state index contributed by atoms with van der Waals surface area (Å²) in [6.45, 7) is 10.3. The molecule has 2 aromatic carbocycles. The van der Waals surface area contributed by atoms with E-state index in [0.717, 1.165) is 25.3 Å². The zero-order valence-electron chi connectivity index (χ0n) is 19.5. The van der Waals surface area contributed by atoms with Crippen LogP contribution in [-0.2, 0) is 13.0 Å². The first-order valence-electron chi connectivity index (χ1n) is 10.8. The van der Waals surface area contributed by atoms with Crippen molar-refractivity contribution in [3.63, 3.8) is 0 Å². The molecule has 2 amide bonds. The van der Waals surface area contributed by atoms with E-state index in [0.29, 0.717) is 12.3 Å². The van der Waals surface area contributed by atoms with Gasteiger partial charge >= 0.3 is 6.03 Å². The summed E-state index contributed by atoms with van der Waals surface area (Å²) in [4.78, 5) is 14.9. The summed E-state index contributed by atoms with van der Waals surface area (Å²) < 4.78 is 11.1. The van der Waals surface area contributed by atoms with Crippen LogP contribution in [0.25, 0.3) is 0 Å². The van der Waals surface area contributed by atoms with Crippen LogP contribution in [0, 0.1) is 6.92 Å². The van der Waals surface area contributed by atoms with Crippen molar-refractivity contribution in [1.82, 2.24) is 15.5 Å². The number of methoxy groups -OCH3 is 2. The molecule has 1 heterocycles. The molecule has 2 N–H and O–H groups in total. The molecule has 0 spiro atoms. The van der Waals surface area contributed by atoms with Gasteiger partial charge in [-0.25, -0.2) is 4.79 Å². The van der Waals surface area contributed by atoms with Gasteiger partial charge in [0.05, 0.1) is 20.3 Å². The van der Waals surface area contributed by atoms with Crippen LogP contribution in [0.4, 0.5) is 4.79 Å². The van der Waals surface area contributed by atoms with Gasteiger partial charge in [-0.1, -0.05) is 29.8 Å². The quantitative estimate of drug-likeness (QED) is 0.728. The van der Waals surface area contributed by atoms with Crippen molar-refractivity contribution >= 4 is 6.03 Å². The van der Waals surface area contributed by atoms with Crippen LogP contribution in [-0.4, -0.2) is 43.8 Å². The summed E-state index contributed by atoms with van der Waals surface area (Å²) in [7, 11) is 3.31. The van der Waals surface area contributed by atoms with E-state index in [-0.39, 0.29) is 17.6 Å². The molecule has 1 aliphatic rings. The largest absolute Gasteiger partial charge is 0.493 e. The van der Waals surface area contributed by atoms with E-state index in [1.807, 2.05) is 20.8 Å². The van der Waals surface area contributed by atoms with Crippen molar-refractivity contribution in [3.8, 4) is 11.5 Å². The molecule has 0 aromatic heterocycles. The van der Waals surface area contributed by atoms with Crippen molar-refractivity contribution in [2.24, 2.45) is 0 Å². The number of urea groups is 1. The van der Waals surface area contributed by atoms with Crippen LogP contribution in [0.3, 0.4) is 0 Å². The van der Waals surface area contributed by atoms with Gasteiger partial charge < -0.3 is 20.1 Å². The van der Waals surface area contributed by atoms with Gasteiger partial charge in [0.1, 0.15) is 0 Å². The molecule has 1 unspecified atom stereocenters. The monoisotopic (exact) mass is 425 g/mol. The van der Waals surface area contributed by atoms with Crippen molar-refractivity contribution < 1.29 is 14.3 Å². The summed E-state index contributed by atoms with van der Waals surface area (Å²) in [6.07, 6.45) is 0.923. The van der Waals surface area contributed by atoms with Crippen LogP contribution in [0.5, 0.6) is 11.5 Å². The highest BCUT2D eigenvalue weighted by molar-refractivity contribution is 5.74. The molecule has 168 valence electrons. The first-order chi connectivity index (χ1) is 14.7. The second kappa shape index (κ2) is 9.60. The Hall–Kier alpha value is -2.73. The standard InChI is InChI=1S/C25H35N3O3/c1-17-7-9-18(10-8-17)16-28-12-11-19-13-22(30-5)23(31-6)14-20(19)21(28)15-26-24(29)27-25(2,3)4/h7-10,13-14,21H,11-12,15-16H2,1-6H3,(H2,26,27,29). The normalized spacial score (nSPS) is 16.4. The van der Waals surface area contributed by atoms with Crippen LogP contribution in [0.15, 0.2) is 36.4 Å². The lowest BCUT2D eigenvalue weighted by molar-refractivity contribution is 0.169. The number of carbonyl (C=O) groups is 1. The smallest absolute Gasteiger partial charge is 0.315 e. The zero-order chi connectivity index (χ0) is 22.6. The van der Waals surface area contributed by atoms with Gasteiger partial charge in [-0.2, -0.15) is 0 Å². The topological polar surface area (TPSA) is 62.8 Å². The van der Waals surface area contributed by atoms with Crippen LogP contribution < -0.4 is 20.1 Å². The molecule has 31 heavy (non-hydrogen) atoms. The maximum absolute atomic E-state index is 12.5. The minimum absolute atomic E-state index is 0.0376. The van der Waals surface area contributed by atoms with Crippen molar-refractivity contribution in [2.45, 2.75) is 52.2 Å². The summed E-state index contributed by atoms with van der Waals surface area (Å²) in [6, 6.07) is 12.7. The summed E-state index contributed by atoms with van der Waals surface area (Å²) in [5.74, 6) is 1.45. The lowest BCUT2D eigenvalue weighted by atomic mass is 9.91. The maximum atomic E-state index is 12.5. The van der Waals surface area contributed by atoms with Crippen LogP contribution in [0.1, 0.15) is 49.1 Å². The summed E-state index contributed by atoms with van der Waals surface area (Å²) >= 11 is 0. The van der Waals surface area contributed by atoms with Gasteiger partial charge in [0, 0.05) is 25.2 Å². The number of nitrogens with one attached hydrogen (secondary N) is 2. The first kappa shape index (κ1) is 22.9. The molecule has 1 aliphatic heterocycles. The second-order valence-electron chi connectivity index (χ2n) is 9.21.